The fraction of sp³-hybridized carbons (Fsp3) is 0.682. The number of hydrogen-bond donors (Lipinski definition) is 2. The third-order valence-electron chi connectivity index (χ3n) is 4.37. The molecule has 8 nitrogen and oxygen atoms in total. The van der Waals surface area contributed by atoms with Crippen molar-refractivity contribution in [1.29, 1.82) is 0 Å². The number of anilines is 1. The fourth-order valence-electron chi connectivity index (χ4n) is 2.80. The molecule has 1 aliphatic rings. The highest BCUT2D eigenvalue weighted by Crippen LogP contribution is 2.32. The smallest absolute Gasteiger partial charge is 0.195 e. The molecule has 1 aromatic rings. The van der Waals surface area contributed by atoms with Crippen LogP contribution < -0.4 is 20.1 Å². The molecule has 2 N–H and O–H groups in total. The van der Waals surface area contributed by atoms with Gasteiger partial charge < -0.3 is 34.3 Å². The summed E-state index contributed by atoms with van der Waals surface area (Å²) in [6.45, 7) is 8.31. The molecule has 30 heavy (non-hydrogen) atoms. The van der Waals surface area contributed by atoms with Crippen LogP contribution in [0.3, 0.4) is 0 Å². The Morgan fingerprint density at radius 1 is 1.00 bits per heavy atom. The highest BCUT2D eigenvalue weighted by Gasteiger charge is 2.11. The molecule has 0 aliphatic carbocycles. The second-order valence-electron chi connectivity index (χ2n) is 6.86. The van der Waals surface area contributed by atoms with Gasteiger partial charge in [0.1, 0.15) is 0 Å². The van der Waals surface area contributed by atoms with E-state index >= 15 is 0 Å². The first-order chi connectivity index (χ1) is 14.8. The highest BCUT2D eigenvalue weighted by molar-refractivity contribution is 5.93. The van der Waals surface area contributed by atoms with Gasteiger partial charge in [-0.3, -0.25) is 4.99 Å². The van der Waals surface area contributed by atoms with Crippen molar-refractivity contribution >= 4 is 11.6 Å². The second kappa shape index (κ2) is 15.8. The lowest BCUT2D eigenvalue weighted by Crippen LogP contribution is -2.32. The summed E-state index contributed by atoms with van der Waals surface area (Å²) in [5.41, 5.74) is 0.913. The lowest BCUT2D eigenvalue weighted by atomic mass is 10.2. The van der Waals surface area contributed by atoms with E-state index in [1.165, 1.54) is 0 Å². The van der Waals surface area contributed by atoms with Crippen molar-refractivity contribution in [3.05, 3.63) is 18.2 Å². The number of unbranched alkanes of at least 4 members (excludes halogenated alkanes) is 1. The van der Waals surface area contributed by atoms with Crippen molar-refractivity contribution in [1.82, 2.24) is 5.32 Å². The van der Waals surface area contributed by atoms with Gasteiger partial charge in [-0.15, -0.1) is 0 Å². The average molecular weight is 424 g/mol. The van der Waals surface area contributed by atoms with Gasteiger partial charge >= 0.3 is 0 Å². The Labute approximate surface area is 180 Å². The van der Waals surface area contributed by atoms with Crippen molar-refractivity contribution in [3.8, 4) is 11.5 Å². The molecular weight excluding hydrogens is 386 g/mol. The zero-order valence-electron chi connectivity index (χ0n) is 18.4. The zero-order chi connectivity index (χ0) is 21.3. The molecule has 0 spiro atoms. The molecule has 0 bridgehead atoms. The molecule has 0 unspecified atom stereocenters. The van der Waals surface area contributed by atoms with Gasteiger partial charge in [-0.25, -0.2) is 0 Å². The topological polar surface area (TPSA) is 82.6 Å². The summed E-state index contributed by atoms with van der Waals surface area (Å²) in [5, 5.41) is 6.77. The van der Waals surface area contributed by atoms with Crippen LogP contribution in [0.15, 0.2) is 23.2 Å². The van der Waals surface area contributed by atoms with E-state index in [9.17, 15) is 0 Å². The van der Waals surface area contributed by atoms with E-state index in [0.29, 0.717) is 39.6 Å². The van der Waals surface area contributed by atoms with Crippen molar-refractivity contribution in [2.45, 2.75) is 32.6 Å². The van der Waals surface area contributed by atoms with Crippen LogP contribution in [0, 0.1) is 0 Å². The third kappa shape index (κ3) is 10.1. The van der Waals surface area contributed by atoms with Gasteiger partial charge in [0.15, 0.2) is 17.5 Å². The predicted molar refractivity (Wildman–Crippen MR) is 119 cm³/mol. The van der Waals surface area contributed by atoms with E-state index in [1.807, 2.05) is 25.1 Å². The van der Waals surface area contributed by atoms with Crippen LogP contribution in [0.1, 0.15) is 32.6 Å². The van der Waals surface area contributed by atoms with Gasteiger partial charge in [-0.2, -0.15) is 0 Å². The van der Waals surface area contributed by atoms with Crippen LogP contribution >= 0.6 is 0 Å². The molecule has 0 amide bonds. The molecule has 0 atom stereocenters. The maximum absolute atomic E-state index is 5.79. The van der Waals surface area contributed by atoms with Gasteiger partial charge in [-0.05, 0) is 38.3 Å². The lowest BCUT2D eigenvalue weighted by Gasteiger charge is -2.15. The number of methoxy groups -OCH3 is 1. The fourth-order valence-corrected chi connectivity index (χ4v) is 2.80. The largest absolute Gasteiger partial charge is 0.490 e. The van der Waals surface area contributed by atoms with E-state index in [-0.39, 0.29) is 0 Å². The maximum atomic E-state index is 5.79. The summed E-state index contributed by atoms with van der Waals surface area (Å²) in [4.78, 5) is 4.68. The first-order valence-corrected chi connectivity index (χ1v) is 10.9. The highest BCUT2D eigenvalue weighted by atomic mass is 16.5. The molecule has 0 radical (unpaired) electrons. The number of hydrogen-bond acceptors (Lipinski definition) is 6. The van der Waals surface area contributed by atoms with Gasteiger partial charge in [0.05, 0.1) is 26.4 Å². The molecule has 170 valence electrons. The molecule has 1 heterocycles. The zero-order valence-corrected chi connectivity index (χ0v) is 18.4. The van der Waals surface area contributed by atoms with Gasteiger partial charge in [0, 0.05) is 58.2 Å². The van der Waals surface area contributed by atoms with Crippen molar-refractivity contribution in [3.63, 3.8) is 0 Å². The Hall–Kier alpha value is -2.03. The molecule has 0 saturated carbocycles. The Bertz CT molecular complexity index is 612. The van der Waals surface area contributed by atoms with E-state index < -0.39 is 0 Å². The lowest BCUT2D eigenvalue weighted by molar-refractivity contribution is 0.0702. The van der Waals surface area contributed by atoms with Crippen molar-refractivity contribution in [2.24, 2.45) is 4.99 Å². The summed E-state index contributed by atoms with van der Waals surface area (Å²) in [7, 11) is 1.67. The maximum Gasteiger partial charge on any atom is 0.195 e. The number of benzene rings is 1. The predicted octanol–water partition coefficient (Wildman–Crippen LogP) is 3.08. The van der Waals surface area contributed by atoms with E-state index in [2.05, 4.69) is 15.6 Å². The van der Waals surface area contributed by atoms with Crippen LogP contribution in [-0.4, -0.2) is 72.4 Å². The molecule has 0 aromatic heterocycles. The SMILES string of the molecule is CCOCCCCNC(=NCCCOCCOC)Nc1ccc2c(c1)OCCCO2. The van der Waals surface area contributed by atoms with Crippen molar-refractivity contribution in [2.75, 3.05) is 71.8 Å². The monoisotopic (exact) mass is 423 g/mol. The van der Waals surface area contributed by atoms with Crippen LogP contribution in [0.5, 0.6) is 11.5 Å². The minimum Gasteiger partial charge on any atom is -0.490 e. The van der Waals surface area contributed by atoms with Gasteiger partial charge in [-0.1, -0.05) is 0 Å². The molecule has 8 heteroatoms. The molecule has 1 aliphatic heterocycles. The van der Waals surface area contributed by atoms with Gasteiger partial charge in [0.2, 0.25) is 0 Å². The number of nitrogens with zero attached hydrogens (tertiary/aromatic N) is 1. The second-order valence-corrected chi connectivity index (χ2v) is 6.86. The summed E-state index contributed by atoms with van der Waals surface area (Å²) in [6.07, 6.45) is 3.77. The number of aliphatic imine (C=N–C) groups is 1. The third-order valence-corrected chi connectivity index (χ3v) is 4.37. The molecule has 0 saturated heterocycles. The molecule has 0 fully saturated rings. The Kier molecular flexibility index (Phi) is 12.7. The molecule has 1 aromatic carbocycles. The Morgan fingerprint density at radius 2 is 1.83 bits per heavy atom. The molecule has 2 rings (SSSR count). The number of guanidine groups is 1. The molecular formula is C22H37N3O5. The van der Waals surface area contributed by atoms with Crippen LogP contribution in [0.4, 0.5) is 5.69 Å². The summed E-state index contributed by atoms with van der Waals surface area (Å²) < 4.78 is 27.4. The van der Waals surface area contributed by atoms with Gasteiger partial charge in [0.25, 0.3) is 0 Å². The standard InChI is InChI=1S/C22H37N3O5/c1-3-27-12-5-4-10-23-22(24-11-6-13-28-17-16-26-2)25-19-8-9-20-21(18-19)30-15-7-14-29-20/h8-9,18H,3-7,10-17H2,1-2H3,(H2,23,24,25). The summed E-state index contributed by atoms with van der Waals surface area (Å²) in [6, 6.07) is 5.88. The van der Waals surface area contributed by atoms with E-state index in [1.54, 1.807) is 7.11 Å². The Morgan fingerprint density at radius 3 is 2.67 bits per heavy atom. The first-order valence-electron chi connectivity index (χ1n) is 10.9. The number of ether oxygens (including phenoxy) is 5. The van der Waals surface area contributed by atoms with Crippen molar-refractivity contribution < 1.29 is 23.7 Å². The minimum absolute atomic E-state index is 0.612. The van der Waals surface area contributed by atoms with Crippen LogP contribution in [0.25, 0.3) is 0 Å². The average Bonchev–Trinajstić information content (AvgIpc) is 3.00. The number of nitrogens with one attached hydrogen (secondary N) is 2. The summed E-state index contributed by atoms with van der Waals surface area (Å²) in [5.74, 6) is 2.30. The summed E-state index contributed by atoms with van der Waals surface area (Å²) >= 11 is 0. The Balaban J connectivity index is 1.86. The first kappa shape index (κ1) is 24.2. The number of rotatable bonds is 14. The normalized spacial score (nSPS) is 13.7. The minimum atomic E-state index is 0.612. The van der Waals surface area contributed by atoms with Crippen LogP contribution in [-0.2, 0) is 14.2 Å². The van der Waals surface area contributed by atoms with Crippen LogP contribution in [0.2, 0.25) is 0 Å². The number of fused-ring (bicyclic) bond motifs is 1. The van der Waals surface area contributed by atoms with E-state index in [0.717, 1.165) is 68.6 Å². The van der Waals surface area contributed by atoms with E-state index in [4.69, 9.17) is 23.7 Å². The quantitative estimate of drug-likeness (QED) is 0.270.